The summed E-state index contributed by atoms with van der Waals surface area (Å²) in [4.78, 5) is 41.4. The average molecular weight is 518 g/mol. The van der Waals surface area contributed by atoms with Gasteiger partial charge < -0.3 is 9.32 Å². The quantitative estimate of drug-likeness (QED) is 0.379. The van der Waals surface area contributed by atoms with Crippen molar-refractivity contribution in [2.24, 2.45) is 0 Å². The van der Waals surface area contributed by atoms with E-state index in [1.165, 1.54) is 41.5 Å². The summed E-state index contributed by atoms with van der Waals surface area (Å²) in [6.45, 7) is 0.0318. The molecule has 0 N–H and O–H groups in total. The summed E-state index contributed by atoms with van der Waals surface area (Å²) in [6, 6.07) is 14.7. The fraction of sp³-hybridized carbons (Fsp3) is 0.136. The molecule has 1 aliphatic rings. The molecule has 1 unspecified atom stereocenters. The smallest absolute Gasteiger partial charge is 0.290 e. The van der Waals surface area contributed by atoms with E-state index in [1.54, 1.807) is 30.3 Å². The van der Waals surface area contributed by atoms with Crippen molar-refractivity contribution >= 4 is 46.0 Å². The van der Waals surface area contributed by atoms with Crippen LogP contribution in [0, 0.1) is 9.39 Å². The fourth-order valence-corrected chi connectivity index (χ4v) is 3.73. The van der Waals surface area contributed by atoms with Gasteiger partial charge in [0, 0.05) is 10.1 Å². The highest BCUT2D eigenvalue weighted by atomic mass is 127. The van der Waals surface area contributed by atoms with Crippen LogP contribution in [0.1, 0.15) is 22.5 Å². The van der Waals surface area contributed by atoms with E-state index in [0.717, 1.165) is 8.47 Å². The van der Waals surface area contributed by atoms with E-state index >= 15 is 0 Å². The number of nitrogens with zero attached hydrogens (tertiary/aromatic N) is 2. The zero-order valence-electron chi connectivity index (χ0n) is 15.6. The third kappa shape index (κ3) is 4.00. The molecule has 3 amide bonds. The predicted octanol–water partition coefficient (Wildman–Crippen LogP) is 4.00. The van der Waals surface area contributed by atoms with Crippen molar-refractivity contribution < 1.29 is 23.2 Å². The number of hydrogen-bond donors (Lipinski definition) is 0. The van der Waals surface area contributed by atoms with Crippen LogP contribution in [-0.2, 0) is 16.1 Å². The molecule has 1 fully saturated rings. The number of imide groups is 1. The summed E-state index contributed by atoms with van der Waals surface area (Å²) in [6.07, 6.45) is 1.22. The van der Waals surface area contributed by atoms with Crippen molar-refractivity contribution in [1.82, 2.24) is 4.90 Å². The molecule has 8 heteroatoms. The molecular weight excluding hydrogens is 502 g/mol. The highest BCUT2D eigenvalue weighted by molar-refractivity contribution is 14.1. The molecule has 30 heavy (non-hydrogen) atoms. The van der Waals surface area contributed by atoms with Crippen LogP contribution in [0.2, 0.25) is 0 Å². The van der Waals surface area contributed by atoms with Crippen LogP contribution < -0.4 is 4.90 Å². The van der Waals surface area contributed by atoms with Gasteiger partial charge in [-0.3, -0.25) is 14.4 Å². The number of carbonyl (C=O) groups is 3. The van der Waals surface area contributed by atoms with Gasteiger partial charge in [0.15, 0.2) is 5.76 Å². The van der Waals surface area contributed by atoms with Crippen LogP contribution in [0.15, 0.2) is 71.3 Å². The van der Waals surface area contributed by atoms with Crippen LogP contribution in [0.5, 0.6) is 0 Å². The van der Waals surface area contributed by atoms with E-state index in [4.69, 9.17) is 4.42 Å². The zero-order valence-corrected chi connectivity index (χ0v) is 17.8. The molecule has 1 saturated heterocycles. The van der Waals surface area contributed by atoms with E-state index in [9.17, 15) is 18.8 Å². The molecule has 2 heterocycles. The van der Waals surface area contributed by atoms with Crippen molar-refractivity contribution in [3.8, 4) is 0 Å². The molecule has 1 aliphatic heterocycles. The molecule has 0 spiro atoms. The minimum atomic E-state index is -0.987. The molecule has 0 bridgehead atoms. The lowest BCUT2D eigenvalue weighted by atomic mass is 10.1. The van der Waals surface area contributed by atoms with Gasteiger partial charge >= 0.3 is 0 Å². The zero-order chi connectivity index (χ0) is 21.3. The summed E-state index contributed by atoms with van der Waals surface area (Å²) >= 11 is 2.14. The van der Waals surface area contributed by atoms with Gasteiger partial charge in [0.1, 0.15) is 11.9 Å². The second-order valence-electron chi connectivity index (χ2n) is 6.80. The van der Waals surface area contributed by atoms with Gasteiger partial charge in [0.05, 0.1) is 18.4 Å². The number of rotatable bonds is 5. The molecule has 152 valence electrons. The van der Waals surface area contributed by atoms with Crippen molar-refractivity contribution in [3.05, 3.63) is 87.6 Å². The predicted molar refractivity (Wildman–Crippen MR) is 115 cm³/mol. The first kappa shape index (κ1) is 20.3. The second kappa shape index (κ2) is 8.39. The van der Waals surface area contributed by atoms with E-state index in [0.29, 0.717) is 11.3 Å². The van der Waals surface area contributed by atoms with Gasteiger partial charge in [0.2, 0.25) is 5.91 Å². The summed E-state index contributed by atoms with van der Waals surface area (Å²) in [5.41, 5.74) is 1.09. The minimum absolute atomic E-state index is 0.0318. The molecule has 3 aromatic rings. The topological polar surface area (TPSA) is 70.8 Å². The number of carbonyl (C=O) groups excluding carboxylic acids is 3. The lowest BCUT2D eigenvalue weighted by Crippen LogP contribution is -2.45. The number of benzene rings is 2. The largest absolute Gasteiger partial charge is 0.459 e. The summed E-state index contributed by atoms with van der Waals surface area (Å²) in [5.74, 6) is -1.73. The average Bonchev–Trinajstić information content (AvgIpc) is 3.37. The Balaban J connectivity index is 1.66. The lowest BCUT2D eigenvalue weighted by molar-refractivity contribution is -0.122. The third-order valence-electron chi connectivity index (χ3n) is 4.84. The van der Waals surface area contributed by atoms with Crippen LogP contribution in [0.25, 0.3) is 0 Å². The van der Waals surface area contributed by atoms with Crippen LogP contribution >= 0.6 is 22.6 Å². The molecule has 4 rings (SSSR count). The van der Waals surface area contributed by atoms with Gasteiger partial charge in [-0.1, -0.05) is 12.1 Å². The number of hydrogen-bond acceptors (Lipinski definition) is 4. The first-order valence-corrected chi connectivity index (χ1v) is 10.2. The highest BCUT2D eigenvalue weighted by Gasteiger charge is 2.45. The van der Waals surface area contributed by atoms with E-state index in [2.05, 4.69) is 22.6 Å². The second-order valence-corrected chi connectivity index (χ2v) is 8.05. The molecule has 0 aliphatic carbocycles. The van der Waals surface area contributed by atoms with Gasteiger partial charge in [-0.05, 0) is 76.7 Å². The van der Waals surface area contributed by atoms with Crippen LogP contribution in [0.4, 0.5) is 10.1 Å². The van der Waals surface area contributed by atoms with Crippen molar-refractivity contribution in [3.63, 3.8) is 0 Å². The Morgan fingerprint density at radius 3 is 2.43 bits per heavy atom. The Hall–Kier alpha value is -3.01. The number of anilines is 1. The van der Waals surface area contributed by atoms with Crippen molar-refractivity contribution in [2.45, 2.75) is 19.0 Å². The van der Waals surface area contributed by atoms with E-state index in [-0.39, 0.29) is 24.6 Å². The van der Waals surface area contributed by atoms with Crippen molar-refractivity contribution in [2.75, 3.05) is 4.90 Å². The van der Waals surface area contributed by atoms with Gasteiger partial charge in [-0.15, -0.1) is 0 Å². The SMILES string of the molecule is O=C1CC(N(Cc2ccc(F)cc2)C(=O)c2ccco2)C(=O)N1c1ccc(I)cc1. The molecular formula is C22H16FIN2O4. The molecule has 0 saturated carbocycles. The molecule has 1 aromatic heterocycles. The Bertz CT molecular complexity index is 1080. The lowest BCUT2D eigenvalue weighted by Gasteiger charge is -2.27. The maximum Gasteiger partial charge on any atom is 0.290 e. The Kier molecular flexibility index (Phi) is 5.67. The van der Waals surface area contributed by atoms with E-state index in [1.807, 2.05) is 0 Å². The normalized spacial score (nSPS) is 16.2. The van der Waals surface area contributed by atoms with Crippen molar-refractivity contribution in [1.29, 1.82) is 0 Å². The summed E-state index contributed by atoms with van der Waals surface area (Å²) in [7, 11) is 0. The maximum absolute atomic E-state index is 13.3. The molecule has 2 aromatic carbocycles. The standard InChI is InChI=1S/C22H16FIN2O4/c23-15-5-3-14(4-6-15)13-25(22(29)19-2-1-11-30-19)18-12-20(27)26(21(18)28)17-9-7-16(24)8-10-17/h1-11,18H,12-13H2. The van der Waals surface area contributed by atoms with Gasteiger partial charge in [-0.25, -0.2) is 9.29 Å². The number of furan rings is 1. The molecule has 6 nitrogen and oxygen atoms in total. The summed E-state index contributed by atoms with van der Waals surface area (Å²) in [5, 5.41) is 0. The third-order valence-corrected chi connectivity index (χ3v) is 5.56. The van der Waals surface area contributed by atoms with E-state index < -0.39 is 23.7 Å². The first-order chi connectivity index (χ1) is 14.4. The Labute approximate surface area is 185 Å². The minimum Gasteiger partial charge on any atom is -0.459 e. The van der Waals surface area contributed by atoms with Gasteiger partial charge in [-0.2, -0.15) is 0 Å². The number of amides is 3. The fourth-order valence-electron chi connectivity index (χ4n) is 3.37. The first-order valence-electron chi connectivity index (χ1n) is 9.15. The van der Waals surface area contributed by atoms with Gasteiger partial charge in [0.25, 0.3) is 11.8 Å². The maximum atomic E-state index is 13.3. The Morgan fingerprint density at radius 1 is 1.10 bits per heavy atom. The molecule has 1 atom stereocenters. The summed E-state index contributed by atoms with van der Waals surface area (Å²) < 4.78 is 19.5. The Morgan fingerprint density at radius 2 is 1.80 bits per heavy atom. The monoisotopic (exact) mass is 518 g/mol. The molecule has 0 radical (unpaired) electrons. The number of halogens is 2. The highest BCUT2D eigenvalue weighted by Crippen LogP contribution is 2.28. The van der Waals surface area contributed by atoms with Crippen LogP contribution in [-0.4, -0.2) is 28.7 Å². The van der Waals surface area contributed by atoms with Crippen LogP contribution in [0.3, 0.4) is 0 Å².